The van der Waals surface area contributed by atoms with Crippen molar-refractivity contribution in [3.8, 4) is 16.9 Å². The summed E-state index contributed by atoms with van der Waals surface area (Å²) in [6.07, 6.45) is 0. The number of phenolic OH excluding ortho intramolecular Hbond substituents is 1. The summed E-state index contributed by atoms with van der Waals surface area (Å²) in [6.45, 7) is 0. The van der Waals surface area contributed by atoms with E-state index in [9.17, 15) is 5.11 Å². The first-order valence-corrected chi connectivity index (χ1v) is 6.69. The van der Waals surface area contributed by atoms with Crippen molar-refractivity contribution in [1.82, 2.24) is 0 Å². The topological polar surface area (TPSA) is 45.0 Å². The lowest BCUT2D eigenvalue weighted by Crippen LogP contribution is -1.79. The first-order valence-electron chi connectivity index (χ1n) is 6.69. The zero-order valence-electron chi connectivity index (χ0n) is 11.3. The van der Waals surface area contributed by atoms with E-state index >= 15 is 0 Å². The first kappa shape index (κ1) is 13.1. The van der Waals surface area contributed by atoms with Crippen LogP contribution in [0, 0.1) is 0 Å². The Bertz CT molecular complexity index is 767. The summed E-state index contributed by atoms with van der Waals surface area (Å²) < 4.78 is 0. The average molecular weight is 274 g/mol. The monoisotopic (exact) mass is 274 g/mol. The first-order chi connectivity index (χ1) is 10.3. The Morgan fingerprint density at radius 1 is 0.571 bits per heavy atom. The molecule has 0 heterocycles. The number of hydrogen-bond donors (Lipinski definition) is 1. The molecule has 3 aromatic rings. The normalized spacial score (nSPS) is 10.9. The highest BCUT2D eigenvalue weighted by Crippen LogP contribution is 2.36. The third kappa shape index (κ3) is 2.98. The summed E-state index contributed by atoms with van der Waals surface area (Å²) in [5.41, 5.74) is 3.13. The van der Waals surface area contributed by atoms with Crippen molar-refractivity contribution in [2.24, 2.45) is 10.2 Å². The van der Waals surface area contributed by atoms with Crippen molar-refractivity contribution in [2.75, 3.05) is 0 Å². The SMILES string of the molecule is Oc1ccccc1-c1ccccc1N=Nc1ccccc1. The Labute approximate surface area is 123 Å². The number of aromatic hydroxyl groups is 1. The minimum atomic E-state index is 0.236. The molecule has 3 rings (SSSR count). The molecule has 0 fully saturated rings. The largest absolute Gasteiger partial charge is 0.507 e. The van der Waals surface area contributed by atoms with Gasteiger partial charge in [0.05, 0.1) is 11.4 Å². The molecule has 0 saturated heterocycles. The molecular weight excluding hydrogens is 260 g/mol. The molecule has 21 heavy (non-hydrogen) atoms. The van der Waals surface area contributed by atoms with E-state index in [1.807, 2.05) is 66.7 Å². The summed E-state index contributed by atoms with van der Waals surface area (Å²) >= 11 is 0. The summed E-state index contributed by atoms with van der Waals surface area (Å²) in [6, 6.07) is 24.4. The second-order valence-electron chi connectivity index (χ2n) is 4.57. The van der Waals surface area contributed by atoms with Gasteiger partial charge in [-0.15, -0.1) is 5.11 Å². The Morgan fingerprint density at radius 2 is 1.19 bits per heavy atom. The molecule has 0 radical (unpaired) electrons. The lowest BCUT2D eigenvalue weighted by Gasteiger charge is -2.06. The highest BCUT2D eigenvalue weighted by atomic mass is 16.3. The van der Waals surface area contributed by atoms with E-state index < -0.39 is 0 Å². The van der Waals surface area contributed by atoms with Crippen LogP contribution in [0.25, 0.3) is 11.1 Å². The summed E-state index contributed by atoms with van der Waals surface area (Å²) in [5.74, 6) is 0.236. The fourth-order valence-corrected chi connectivity index (χ4v) is 2.10. The smallest absolute Gasteiger partial charge is 0.123 e. The number of benzene rings is 3. The predicted octanol–water partition coefficient (Wildman–Crippen LogP) is 5.47. The van der Waals surface area contributed by atoms with Crippen LogP contribution in [-0.2, 0) is 0 Å². The van der Waals surface area contributed by atoms with Gasteiger partial charge in [0, 0.05) is 11.1 Å². The van der Waals surface area contributed by atoms with Gasteiger partial charge in [-0.2, -0.15) is 5.11 Å². The summed E-state index contributed by atoms with van der Waals surface area (Å²) in [7, 11) is 0. The van der Waals surface area contributed by atoms with Gasteiger partial charge in [0.1, 0.15) is 5.75 Å². The number of azo groups is 1. The zero-order chi connectivity index (χ0) is 14.5. The summed E-state index contributed by atoms with van der Waals surface area (Å²) in [4.78, 5) is 0. The van der Waals surface area contributed by atoms with Crippen molar-refractivity contribution in [3.63, 3.8) is 0 Å². The molecule has 3 nitrogen and oxygen atoms in total. The van der Waals surface area contributed by atoms with Crippen molar-refractivity contribution in [1.29, 1.82) is 0 Å². The highest BCUT2D eigenvalue weighted by Gasteiger charge is 2.07. The Balaban J connectivity index is 2.01. The van der Waals surface area contributed by atoms with E-state index in [1.54, 1.807) is 12.1 Å². The number of para-hydroxylation sites is 1. The molecule has 0 aliphatic rings. The van der Waals surface area contributed by atoms with E-state index in [4.69, 9.17) is 0 Å². The Hall–Kier alpha value is -2.94. The lowest BCUT2D eigenvalue weighted by molar-refractivity contribution is 0.477. The average Bonchev–Trinajstić information content (AvgIpc) is 2.55. The van der Waals surface area contributed by atoms with Gasteiger partial charge < -0.3 is 5.11 Å². The highest BCUT2D eigenvalue weighted by molar-refractivity contribution is 5.79. The van der Waals surface area contributed by atoms with Crippen LogP contribution >= 0.6 is 0 Å². The van der Waals surface area contributed by atoms with Crippen LogP contribution in [0.3, 0.4) is 0 Å². The molecule has 0 aliphatic carbocycles. The second-order valence-corrected chi connectivity index (χ2v) is 4.57. The van der Waals surface area contributed by atoms with Crippen molar-refractivity contribution in [3.05, 3.63) is 78.9 Å². The van der Waals surface area contributed by atoms with Gasteiger partial charge in [-0.25, -0.2) is 0 Å². The molecule has 102 valence electrons. The molecule has 1 N–H and O–H groups in total. The van der Waals surface area contributed by atoms with Crippen LogP contribution in [0.1, 0.15) is 0 Å². The van der Waals surface area contributed by atoms with Gasteiger partial charge in [-0.3, -0.25) is 0 Å². The fourth-order valence-electron chi connectivity index (χ4n) is 2.10. The number of rotatable bonds is 3. The molecule has 0 saturated carbocycles. The van der Waals surface area contributed by atoms with Crippen LogP contribution in [0.15, 0.2) is 89.1 Å². The van der Waals surface area contributed by atoms with Crippen molar-refractivity contribution < 1.29 is 5.11 Å². The standard InChI is InChI=1S/C18H14N2O/c21-18-13-7-5-11-16(18)15-10-4-6-12-17(15)20-19-14-8-2-1-3-9-14/h1-13,21H. The van der Waals surface area contributed by atoms with Crippen LogP contribution in [-0.4, -0.2) is 5.11 Å². The van der Waals surface area contributed by atoms with E-state index in [2.05, 4.69) is 10.2 Å². The number of nitrogens with zero attached hydrogens (tertiary/aromatic N) is 2. The zero-order valence-corrected chi connectivity index (χ0v) is 11.3. The van der Waals surface area contributed by atoms with Crippen LogP contribution < -0.4 is 0 Å². The molecule has 0 spiro atoms. The molecule has 0 aliphatic heterocycles. The maximum absolute atomic E-state index is 10.0. The van der Waals surface area contributed by atoms with Gasteiger partial charge in [-0.1, -0.05) is 54.6 Å². The second kappa shape index (κ2) is 6.01. The Kier molecular flexibility index (Phi) is 3.74. The molecule has 3 heteroatoms. The fraction of sp³-hybridized carbons (Fsp3) is 0. The van der Waals surface area contributed by atoms with Gasteiger partial charge in [-0.05, 0) is 24.3 Å². The third-order valence-electron chi connectivity index (χ3n) is 3.13. The maximum Gasteiger partial charge on any atom is 0.123 e. The molecule has 3 aromatic carbocycles. The van der Waals surface area contributed by atoms with E-state index in [1.165, 1.54) is 0 Å². The summed E-state index contributed by atoms with van der Waals surface area (Å²) in [5, 5.41) is 18.5. The minimum absolute atomic E-state index is 0.236. The number of hydrogen-bond acceptors (Lipinski definition) is 3. The van der Waals surface area contributed by atoms with Crippen LogP contribution in [0.5, 0.6) is 5.75 Å². The van der Waals surface area contributed by atoms with Crippen molar-refractivity contribution in [2.45, 2.75) is 0 Å². The quantitative estimate of drug-likeness (QED) is 0.632. The molecule has 0 aromatic heterocycles. The molecule has 0 bridgehead atoms. The van der Waals surface area contributed by atoms with E-state index in [0.717, 1.165) is 22.5 Å². The molecule has 0 amide bonds. The van der Waals surface area contributed by atoms with Crippen LogP contribution in [0.2, 0.25) is 0 Å². The van der Waals surface area contributed by atoms with Gasteiger partial charge in [0.15, 0.2) is 0 Å². The molecular formula is C18H14N2O. The predicted molar refractivity (Wildman–Crippen MR) is 84.2 cm³/mol. The van der Waals surface area contributed by atoms with Crippen molar-refractivity contribution >= 4 is 11.4 Å². The third-order valence-corrected chi connectivity index (χ3v) is 3.13. The molecule has 0 atom stereocenters. The van der Waals surface area contributed by atoms with Gasteiger partial charge >= 0.3 is 0 Å². The lowest BCUT2D eigenvalue weighted by atomic mass is 10.0. The maximum atomic E-state index is 10.0. The number of phenols is 1. The Morgan fingerprint density at radius 3 is 1.95 bits per heavy atom. The van der Waals surface area contributed by atoms with E-state index in [0.29, 0.717) is 0 Å². The van der Waals surface area contributed by atoms with Gasteiger partial charge in [0.2, 0.25) is 0 Å². The minimum Gasteiger partial charge on any atom is -0.507 e. The van der Waals surface area contributed by atoms with E-state index in [-0.39, 0.29) is 5.75 Å². The molecule has 0 unspecified atom stereocenters. The van der Waals surface area contributed by atoms with Gasteiger partial charge in [0.25, 0.3) is 0 Å². The van der Waals surface area contributed by atoms with Crippen LogP contribution in [0.4, 0.5) is 11.4 Å².